The smallest absolute Gasteiger partial charge is 0.241 e. The summed E-state index contributed by atoms with van der Waals surface area (Å²) in [5.74, 6) is 0.762. The molecule has 0 aliphatic carbocycles. The molecule has 0 unspecified atom stereocenters. The van der Waals surface area contributed by atoms with Crippen LogP contribution in [0.15, 0.2) is 47.4 Å². The van der Waals surface area contributed by atoms with Crippen LogP contribution in [-0.2, 0) is 14.8 Å². The normalized spacial score (nSPS) is 12.3. The molecule has 8 heteroatoms. The number of carbonyl (C=O) groups is 1. The average molecular weight is 392 g/mol. The largest absolute Gasteiger partial charge is 0.497 e. The molecule has 0 saturated heterocycles. The first-order chi connectivity index (χ1) is 12.8. The van der Waals surface area contributed by atoms with Crippen molar-refractivity contribution in [3.05, 3.63) is 48.0 Å². The van der Waals surface area contributed by atoms with E-state index in [1.165, 1.54) is 32.2 Å². The van der Waals surface area contributed by atoms with Crippen LogP contribution in [0.3, 0.4) is 0 Å². The first kappa shape index (κ1) is 20.7. The first-order valence-corrected chi connectivity index (χ1v) is 9.91. The number of methoxy groups -OCH3 is 2. The van der Waals surface area contributed by atoms with Crippen LogP contribution < -0.4 is 19.5 Å². The Morgan fingerprint density at radius 3 is 2.26 bits per heavy atom. The van der Waals surface area contributed by atoms with Crippen molar-refractivity contribution in [1.82, 2.24) is 4.72 Å². The highest BCUT2D eigenvalue weighted by atomic mass is 32.2. The van der Waals surface area contributed by atoms with Crippen molar-refractivity contribution < 1.29 is 22.7 Å². The molecule has 2 aromatic carbocycles. The lowest BCUT2D eigenvalue weighted by atomic mass is 10.1. The Balaban J connectivity index is 2.31. The predicted molar refractivity (Wildman–Crippen MR) is 104 cm³/mol. The third-order valence-corrected chi connectivity index (χ3v) is 5.49. The number of benzene rings is 2. The molecule has 0 heterocycles. The second-order valence-corrected chi connectivity index (χ2v) is 7.61. The van der Waals surface area contributed by atoms with Crippen LogP contribution in [0.25, 0.3) is 0 Å². The summed E-state index contributed by atoms with van der Waals surface area (Å²) in [6.07, 6.45) is 0.570. The van der Waals surface area contributed by atoms with Gasteiger partial charge in [0.15, 0.2) is 0 Å². The summed E-state index contributed by atoms with van der Waals surface area (Å²) in [5.41, 5.74) is 1.13. The van der Waals surface area contributed by atoms with Crippen LogP contribution in [0.5, 0.6) is 11.5 Å². The molecule has 27 heavy (non-hydrogen) atoms. The maximum Gasteiger partial charge on any atom is 0.241 e. The Kier molecular flexibility index (Phi) is 6.81. The van der Waals surface area contributed by atoms with Gasteiger partial charge in [0.05, 0.1) is 24.8 Å². The standard InChI is InChI=1S/C19H24N2O5S/c1-5-17(14-6-8-15(25-3)9-7-14)21-27(23,24)16-10-11-19(26-4)18(12-16)20-13(2)22/h6-12,17,21H,5H2,1-4H3,(H,20,22)/t17-/m1/s1. The molecule has 2 N–H and O–H groups in total. The summed E-state index contributed by atoms with van der Waals surface area (Å²) in [7, 11) is -0.784. The van der Waals surface area contributed by atoms with Crippen molar-refractivity contribution in [2.24, 2.45) is 0 Å². The third-order valence-electron chi connectivity index (χ3n) is 4.02. The number of sulfonamides is 1. The van der Waals surface area contributed by atoms with Crippen LogP contribution in [-0.4, -0.2) is 28.5 Å². The van der Waals surface area contributed by atoms with Gasteiger partial charge < -0.3 is 14.8 Å². The van der Waals surface area contributed by atoms with Gasteiger partial charge in [-0.15, -0.1) is 0 Å². The lowest BCUT2D eigenvalue weighted by Gasteiger charge is -2.19. The van der Waals surface area contributed by atoms with E-state index >= 15 is 0 Å². The van der Waals surface area contributed by atoms with Gasteiger partial charge in [-0.2, -0.15) is 0 Å². The van der Waals surface area contributed by atoms with E-state index in [2.05, 4.69) is 10.0 Å². The van der Waals surface area contributed by atoms with Crippen molar-refractivity contribution in [3.8, 4) is 11.5 Å². The van der Waals surface area contributed by atoms with Crippen LogP contribution in [0.2, 0.25) is 0 Å². The maximum absolute atomic E-state index is 12.8. The molecule has 0 aromatic heterocycles. The van der Waals surface area contributed by atoms with Crippen molar-refractivity contribution in [3.63, 3.8) is 0 Å². The van der Waals surface area contributed by atoms with E-state index in [-0.39, 0.29) is 10.8 Å². The number of carbonyl (C=O) groups excluding carboxylic acids is 1. The Morgan fingerprint density at radius 2 is 1.74 bits per heavy atom. The molecule has 0 fully saturated rings. The summed E-state index contributed by atoms with van der Waals surface area (Å²) < 4.78 is 38.7. The fraction of sp³-hybridized carbons (Fsp3) is 0.316. The van der Waals surface area contributed by atoms with Gasteiger partial charge in [0.2, 0.25) is 15.9 Å². The van der Waals surface area contributed by atoms with Crippen molar-refractivity contribution in [1.29, 1.82) is 0 Å². The van der Waals surface area contributed by atoms with Gasteiger partial charge in [-0.05, 0) is 42.3 Å². The van der Waals surface area contributed by atoms with Gasteiger partial charge in [-0.25, -0.2) is 13.1 Å². The summed E-state index contributed by atoms with van der Waals surface area (Å²) in [4.78, 5) is 11.4. The van der Waals surface area contributed by atoms with E-state index in [1.54, 1.807) is 19.2 Å². The molecule has 146 valence electrons. The fourth-order valence-corrected chi connectivity index (χ4v) is 3.95. The minimum atomic E-state index is -3.81. The van der Waals surface area contributed by atoms with Gasteiger partial charge in [0, 0.05) is 13.0 Å². The summed E-state index contributed by atoms with van der Waals surface area (Å²) >= 11 is 0. The first-order valence-electron chi connectivity index (χ1n) is 8.42. The predicted octanol–water partition coefficient (Wildman–Crippen LogP) is 3.09. The molecule has 1 amide bonds. The molecule has 0 radical (unpaired) electrons. The van der Waals surface area contributed by atoms with Gasteiger partial charge in [-0.3, -0.25) is 4.79 Å². The number of hydrogen-bond donors (Lipinski definition) is 2. The SMILES string of the molecule is CC[C@@H](NS(=O)(=O)c1ccc(OC)c(NC(C)=O)c1)c1ccc(OC)cc1. The lowest BCUT2D eigenvalue weighted by molar-refractivity contribution is -0.114. The molecular weight excluding hydrogens is 368 g/mol. The molecule has 0 saturated carbocycles. The number of rotatable bonds is 8. The topological polar surface area (TPSA) is 93.7 Å². The van der Waals surface area contributed by atoms with E-state index in [0.717, 1.165) is 5.56 Å². The summed E-state index contributed by atoms with van der Waals surface area (Å²) in [6, 6.07) is 11.2. The van der Waals surface area contributed by atoms with Crippen molar-refractivity contribution in [2.45, 2.75) is 31.2 Å². The maximum atomic E-state index is 12.8. The van der Waals surface area contributed by atoms with Crippen LogP contribution in [0.1, 0.15) is 31.9 Å². The highest BCUT2D eigenvalue weighted by Gasteiger charge is 2.22. The van der Waals surface area contributed by atoms with Gasteiger partial charge in [0.25, 0.3) is 0 Å². The van der Waals surface area contributed by atoms with Gasteiger partial charge in [0.1, 0.15) is 11.5 Å². The van der Waals surface area contributed by atoms with Crippen LogP contribution in [0.4, 0.5) is 5.69 Å². The van der Waals surface area contributed by atoms with Crippen LogP contribution in [0, 0.1) is 0 Å². The Bertz CT molecular complexity index is 895. The molecule has 2 aromatic rings. The van der Waals surface area contributed by atoms with Gasteiger partial charge >= 0.3 is 0 Å². The number of ether oxygens (including phenoxy) is 2. The highest BCUT2D eigenvalue weighted by Crippen LogP contribution is 2.29. The van der Waals surface area contributed by atoms with E-state index in [1.807, 2.05) is 19.1 Å². The molecule has 1 atom stereocenters. The van der Waals surface area contributed by atoms with E-state index in [4.69, 9.17) is 9.47 Å². The Labute approximate surface area is 159 Å². The molecule has 0 bridgehead atoms. The van der Waals surface area contributed by atoms with E-state index in [0.29, 0.717) is 23.6 Å². The molecular formula is C19H24N2O5S. The van der Waals surface area contributed by atoms with Crippen LogP contribution >= 0.6 is 0 Å². The fourth-order valence-electron chi connectivity index (χ4n) is 2.62. The lowest BCUT2D eigenvalue weighted by Crippen LogP contribution is -2.28. The second kappa shape index (κ2) is 8.88. The van der Waals surface area contributed by atoms with Gasteiger partial charge in [-0.1, -0.05) is 19.1 Å². The number of hydrogen-bond acceptors (Lipinski definition) is 5. The highest BCUT2D eigenvalue weighted by molar-refractivity contribution is 7.89. The number of anilines is 1. The zero-order chi connectivity index (χ0) is 20.0. The minimum Gasteiger partial charge on any atom is -0.497 e. The Morgan fingerprint density at radius 1 is 1.07 bits per heavy atom. The third kappa shape index (κ3) is 5.21. The average Bonchev–Trinajstić information content (AvgIpc) is 2.65. The zero-order valence-corrected chi connectivity index (χ0v) is 16.6. The zero-order valence-electron chi connectivity index (χ0n) is 15.8. The monoisotopic (exact) mass is 392 g/mol. The van der Waals surface area contributed by atoms with E-state index < -0.39 is 16.1 Å². The summed E-state index contributed by atoms with van der Waals surface area (Å²) in [6.45, 7) is 3.24. The molecule has 2 rings (SSSR count). The van der Waals surface area contributed by atoms with Crippen molar-refractivity contribution >= 4 is 21.6 Å². The number of nitrogens with one attached hydrogen (secondary N) is 2. The number of amides is 1. The van der Waals surface area contributed by atoms with E-state index in [9.17, 15) is 13.2 Å². The minimum absolute atomic E-state index is 0.0408. The molecule has 0 aliphatic rings. The quantitative estimate of drug-likeness (QED) is 0.720. The van der Waals surface area contributed by atoms with Crippen molar-refractivity contribution in [2.75, 3.05) is 19.5 Å². The second-order valence-electron chi connectivity index (χ2n) is 5.90. The Hall–Kier alpha value is -2.58. The summed E-state index contributed by atoms with van der Waals surface area (Å²) in [5, 5.41) is 2.58. The molecule has 7 nitrogen and oxygen atoms in total. The molecule has 0 aliphatic heterocycles. The molecule has 0 spiro atoms.